The van der Waals surface area contributed by atoms with Gasteiger partial charge >= 0.3 is 6.03 Å². The molecule has 2 N–H and O–H groups in total. The maximum absolute atomic E-state index is 12.2. The smallest absolute Gasteiger partial charge is 0.319 e. The van der Waals surface area contributed by atoms with E-state index in [1.165, 1.54) is 42.6 Å². The number of aromatic nitrogens is 1. The van der Waals surface area contributed by atoms with Gasteiger partial charge in [-0.25, -0.2) is 4.79 Å². The highest BCUT2D eigenvalue weighted by molar-refractivity contribution is 5.89. The predicted molar refractivity (Wildman–Crippen MR) is 152 cm³/mol. The van der Waals surface area contributed by atoms with Crippen molar-refractivity contribution in [1.82, 2.24) is 15.2 Å². The SMILES string of the molecule is CC(c1cccc(-c2ccccc2COc2ccc(NC(=O)NCc3cccnc3)cc2)c1)N1CCCC1. The van der Waals surface area contributed by atoms with Gasteiger partial charge in [0.25, 0.3) is 0 Å². The Morgan fingerprint density at radius 3 is 2.58 bits per heavy atom. The number of rotatable bonds is 9. The highest BCUT2D eigenvalue weighted by Crippen LogP contribution is 2.30. The van der Waals surface area contributed by atoms with Crippen LogP contribution in [0.1, 0.15) is 42.5 Å². The van der Waals surface area contributed by atoms with Crippen molar-refractivity contribution in [2.45, 2.75) is 39.0 Å². The highest BCUT2D eigenvalue weighted by atomic mass is 16.5. The molecule has 1 saturated heterocycles. The number of anilines is 1. The molecule has 1 fully saturated rings. The molecule has 1 aliphatic heterocycles. The summed E-state index contributed by atoms with van der Waals surface area (Å²) in [6.07, 6.45) is 6.03. The Morgan fingerprint density at radius 2 is 1.79 bits per heavy atom. The molecule has 194 valence electrons. The van der Waals surface area contributed by atoms with Gasteiger partial charge in [-0.05, 0) is 97.1 Å². The minimum absolute atomic E-state index is 0.266. The third-order valence-electron chi connectivity index (χ3n) is 7.07. The van der Waals surface area contributed by atoms with Crippen LogP contribution in [0.2, 0.25) is 0 Å². The normalized spacial score (nSPS) is 14.1. The van der Waals surface area contributed by atoms with Gasteiger partial charge in [-0.1, -0.05) is 48.5 Å². The van der Waals surface area contributed by atoms with Crippen LogP contribution in [0, 0.1) is 0 Å². The summed E-state index contributed by atoms with van der Waals surface area (Å²) < 4.78 is 6.13. The van der Waals surface area contributed by atoms with Gasteiger partial charge in [0.05, 0.1) is 0 Å². The van der Waals surface area contributed by atoms with E-state index < -0.39 is 0 Å². The molecule has 1 unspecified atom stereocenters. The second kappa shape index (κ2) is 12.4. The second-order valence-electron chi connectivity index (χ2n) is 9.68. The van der Waals surface area contributed by atoms with Crippen LogP contribution in [0.5, 0.6) is 5.75 Å². The van der Waals surface area contributed by atoms with Crippen molar-refractivity contribution in [3.8, 4) is 16.9 Å². The molecule has 6 nitrogen and oxygen atoms in total. The number of carbonyl (C=O) groups is 1. The quantitative estimate of drug-likeness (QED) is 0.262. The van der Waals surface area contributed by atoms with Crippen LogP contribution in [0.15, 0.2) is 97.3 Å². The Kier molecular flexibility index (Phi) is 8.31. The molecule has 0 bridgehead atoms. The molecule has 3 aromatic carbocycles. The van der Waals surface area contributed by atoms with Gasteiger partial charge < -0.3 is 15.4 Å². The van der Waals surface area contributed by atoms with Crippen molar-refractivity contribution >= 4 is 11.7 Å². The third kappa shape index (κ3) is 6.58. The first-order chi connectivity index (χ1) is 18.7. The van der Waals surface area contributed by atoms with Crippen LogP contribution < -0.4 is 15.4 Å². The van der Waals surface area contributed by atoms with E-state index in [4.69, 9.17) is 4.74 Å². The van der Waals surface area contributed by atoms with E-state index in [2.05, 4.69) is 76.0 Å². The summed E-state index contributed by atoms with van der Waals surface area (Å²) in [5.41, 5.74) is 6.53. The Morgan fingerprint density at radius 1 is 0.974 bits per heavy atom. The first-order valence-electron chi connectivity index (χ1n) is 13.2. The first kappa shape index (κ1) is 25.5. The van der Waals surface area contributed by atoms with Crippen LogP contribution in [0.4, 0.5) is 10.5 Å². The maximum atomic E-state index is 12.2. The number of likely N-dealkylation sites (tertiary alicyclic amines) is 1. The number of carbonyl (C=O) groups excluding carboxylic acids is 1. The van der Waals surface area contributed by atoms with Crippen LogP contribution in [0.3, 0.4) is 0 Å². The van der Waals surface area contributed by atoms with Gasteiger partial charge in [0.2, 0.25) is 0 Å². The van der Waals surface area contributed by atoms with Gasteiger partial charge in [-0.15, -0.1) is 0 Å². The van der Waals surface area contributed by atoms with Crippen LogP contribution in [0.25, 0.3) is 11.1 Å². The lowest BCUT2D eigenvalue weighted by Crippen LogP contribution is -2.28. The molecule has 1 aromatic heterocycles. The maximum Gasteiger partial charge on any atom is 0.319 e. The Balaban J connectivity index is 1.19. The zero-order chi connectivity index (χ0) is 26.2. The summed E-state index contributed by atoms with van der Waals surface area (Å²) in [5, 5.41) is 5.68. The monoisotopic (exact) mass is 506 g/mol. The van der Waals surface area contributed by atoms with E-state index in [0.717, 1.165) is 16.9 Å². The van der Waals surface area contributed by atoms with Crippen LogP contribution in [-0.4, -0.2) is 29.0 Å². The van der Waals surface area contributed by atoms with Crippen LogP contribution in [-0.2, 0) is 13.2 Å². The largest absolute Gasteiger partial charge is 0.489 e. The minimum Gasteiger partial charge on any atom is -0.489 e. The molecular weight excluding hydrogens is 472 g/mol. The fraction of sp³-hybridized carbons (Fsp3) is 0.250. The lowest BCUT2D eigenvalue weighted by Gasteiger charge is -2.24. The number of benzene rings is 3. The summed E-state index contributed by atoms with van der Waals surface area (Å²) in [5.74, 6) is 0.748. The lowest BCUT2D eigenvalue weighted by molar-refractivity contribution is 0.251. The van der Waals surface area contributed by atoms with Gasteiger partial charge in [-0.2, -0.15) is 0 Å². The summed E-state index contributed by atoms with van der Waals surface area (Å²) >= 11 is 0. The number of hydrogen-bond donors (Lipinski definition) is 2. The highest BCUT2D eigenvalue weighted by Gasteiger charge is 2.20. The summed E-state index contributed by atoms with van der Waals surface area (Å²) in [6.45, 7) is 5.55. The fourth-order valence-electron chi connectivity index (χ4n) is 4.89. The van der Waals surface area contributed by atoms with E-state index in [0.29, 0.717) is 24.9 Å². The molecule has 0 spiro atoms. The number of hydrogen-bond acceptors (Lipinski definition) is 4. The van der Waals surface area contributed by atoms with Crippen molar-refractivity contribution in [1.29, 1.82) is 0 Å². The van der Waals surface area contributed by atoms with Crippen molar-refractivity contribution in [3.05, 3.63) is 114 Å². The standard InChI is InChI=1S/C32H34N4O2/c1-24(36-18-4-5-19-36)26-10-6-11-27(20-26)31-12-3-2-9-28(31)23-38-30-15-13-29(14-16-30)35-32(37)34-22-25-8-7-17-33-21-25/h2-3,6-17,20-21,24H,4-5,18-19,22-23H2,1H3,(H2,34,35,37). The van der Waals surface area contributed by atoms with E-state index in [1.807, 2.05) is 36.4 Å². The summed E-state index contributed by atoms with van der Waals surface area (Å²) in [4.78, 5) is 18.8. The van der Waals surface area contributed by atoms with Gasteiger partial charge in [0.15, 0.2) is 0 Å². The van der Waals surface area contributed by atoms with Crippen molar-refractivity contribution in [3.63, 3.8) is 0 Å². The van der Waals surface area contributed by atoms with Crippen molar-refractivity contribution < 1.29 is 9.53 Å². The Hall–Kier alpha value is -4.16. The molecule has 0 aliphatic carbocycles. The van der Waals surface area contributed by atoms with E-state index >= 15 is 0 Å². The Labute approximate surface area is 224 Å². The first-order valence-corrected chi connectivity index (χ1v) is 13.2. The lowest BCUT2D eigenvalue weighted by atomic mass is 9.96. The van der Waals surface area contributed by atoms with Gasteiger partial charge in [0.1, 0.15) is 12.4 Å². The topological polar surface area (TPSA) is 66.5 Å². The molecule has 4 aromatic rings. The molecule has 6 heteroatoms. The summed E-state index contributed by atoms with van der Waals surface area (Å²) in [6, 6.07) is 28.7. The number of nitrogens with zero attached hydrogens (tertiary/aromatic N) is 2. The second-order valence-corrected chi connectivity index (χ2v) is 9.68. The molecular formula is C32H34N4O2. The average Bonchev–Trinajstić information content (AvgIpc) is 3.51. The number of urea groups is 1. The number of amides is 2. The molecule has 2 heterocycles. The molecule has 0 saturated carbocycles. The fourth-order valence-corrected chi connectivity index (χ4v) is 4.89. The van der Waals surface area contributed by atoms with Crippen molar-refractivity contribution in [2.24, 2.45) is 0 Å². The molecule has 38 heavy (non-hydrogen) atoms. The zero-order valence-corrected chi connectivity index (χ0v) is 21.8. The van der Waals surface area contributed by atoms with Gasteiger partial charge in [-0.3, -0.25) is 9.88 Å². The minimum atomic E-state index is -0.266. The van der Waals surface area contributed by atoms with Crippen LogP contribution >= 0.6 is 0 Å². The number of nitrogens with one attached hydrogen (secondary N) is 2. The van der Waals surface area contributed by atoms with E-state index in [1.54, 1.807) is 12.4 Å². The molecule has 1 aliphatic rings. The van der Waals surface area contributed by atoms with E-state index in [9.17, 15) is 4.79 Å². The summed E-state index contributed by atoms with van der Waals surface area (Å²) in [7, 11) is 0. The molecule has 0 radical (unpaired) electrons. The Bertz CT molecular complexity index is 1340. The van der Waals surface area contributed by atoms with Gasteiger partial charge in [0, 0.05) is 30.7 Å². The van der Waals surface area contributed by atoms with E-state index in [-0.39, 0.29) is 6.03 Å². The molecule has 2 amide bonds. The number of pyridine rings is 1. The molecule has 1 atom stereocenters. The third-order valence-corrected chi connectivity index (χ3v) is 7.07. The predicted octanol–water partition coefficient (Wildman–Crippen LogP) is 6.81. The average molecular weight is 507 g/mol. The number of ether oxygens (including phenoxy) is 1. The van der Waals surface area contributed by atoms with Crippen molar-refractivity contribution in [2.75, 3.05) is 18.4 Å². The zero-order valence-electron chi connectivity index (χ0n) is 21.8. The molecule has 5 rings (SSSR count).